The standard InChI is InChI=1S/C15H40N2Si5/c1-14-18-15(16(19(2,3)4)20(5,6)7)17(21(8,9)10)22(11,12)13/h14-15H,1H2,2-13H3. The highest BCUT2D eigenvalue weighted by Crippen LogP contribution is 2.31. The molecule has 7 heteroatoms. The Morgan fingerprint density at radius 1 is 0.636 bits per heavy atom. The minimum absolute atomic E-state index is 0.592. The Morgan fingerprint density at radius 2 is 0.864 bits per heavy atom. The van der Waals surface area contributed by atoms with Gasteiger partial charge in [0.15, 0.2) is 0 Å². The minimum Gasteiger partial charge on any atom is -0.335 e. The van der Waals surface area contributed by atoms with Crippen molar-refractivity contribution >= 4 is 42.5 Å². The monoisotopic (exact) mass is 388 g/mol. The Balaban J connectivity index is 6.20. The van der Waals surface area contributed by atoms with Gasteiger partial charge in [-0.15, -0.1) is 12.3 Å². The first-order valence-electron chi connectivity index (χ1n) is 8.40. The van der Waals surface area contributed by atoms with Crippen molar-refractivity contribution in [1.82, 2.24) is 8.46 Å². The summed E-state index contributed by atoms with van der Waals surface area (Å²) in [6.45, 7) is 34.4. The fraction of sp³-hybridized carbons (Fsp3) is 0.867. The molecule has 0 unspecified atom stereocenters. The predicted molar refractivity (Wildman–Crippen MR) is 117 cm³/mol. The van der Waals surface area contributed by atoms with E-state index in [4.69, 9.17) is 0 Å². The summed E-state index contributed by atoms with van der Waals surface area (Å²) in [5.41, 5.74) is 2.19. The summed E-state index contributed by atoms with van der Waals surface area (Å²) in [6, 6.07) is 0. The molecule has 2 radical (unpaired) electrons. The zero-order valence-electron chi connectivity index (χ0n) is 17.3. The predicted octanol–water partition coefficient (Wildman–Crippen LogP) is 5.06. The highest BCUT2D eigenvalue weighted by atomic mass is 28.4. The van der Waals surface area contributed by atoms with Gasteiger partial charge in [0.25, 0.3) is 0 Å². The largest absolute Gasteiger partial charge is 0.335 e. The smallest absolute Gasteiger partial charge is 0.113 e. The van der Waals surface area contributed by atoms with Gasteiger partial charge in [-0.25, -0.2) is 0 Å². The first-order chi connectivity index (χ1) is 9.44. The molecule has 0 aromatic rings. The van der Waals surface area contributed by atoms with E-state index in [0.29, 0.717) is 5.79 Å². The van der Waals surface area contributed by atoms with Gasteiger partial charge >= 0.3 is 0 Å². The molecule has 0 aromatic heterocycles. The molecule has 0 atom stereocenters. The summed E-state index contributed by atoms with van der Waals surface area (Å²) < 4.78 is 6.02. The summed E-state index contributed by atoms with van der Waals surface area (Å²) in [4.78, 5) is 0. The third kappa shape index (κ3) is 6.33. The van der Waals surface area contributed by atoms with Gasteiger partial charge in [0.2, 0.25) is 0 Å². The molecular formula is C15H40N2Si5. The Bertz CT molecular complexity index is 311. The van der Waals surface area contributed by atoms with E-state index in [-0.39, 0.29) is 0 Å². The second-order valence-electron chi connectivity index (χ2n) is 10.2. The van der Waals surface area contributed by atoms with Crippen molar-refractivity contribution < 1.29 is 0 Å². The average Bonchev–Trinajstić information content (AvgIpc) is 2.06. The molecule has 0 heterocycles. The number of nitrogens with zero attached hydrogens (tertiary/aromatic N) is 2. The quantitative estimate of drug-likeness (QED) is 0.423. The number of hydrogen-bond donors (Lipinski definition) is 0. The second kappa shape index (κ2) is 7.32. The van der Waals surface area contributed by atoms with Crippen molar-refractivity contribution in [3.8, 4) is 0 Å². The lowest BCUT2D eigenvalue weighted by molar-refractivity contribution is 0.406. The van der Waals surface area contributed by atoms with Gasteiger partial charge in [-0.2, -0.15) is 0 Å². The van der Waals surface area contributed by atoms with Gasteiger partial charge < -0.3 is 8.46 Å². The van der Waals surface area contributed by atoms with Crippen molar-refractivity contribution in [1.29, 1.82) is 0 Å². The van der Waals surface area contributed by atoms with Crippen molar-refractivity contribution in [3.05, 3.63) is 12.3 Å². The zero-order valence-corrected chi connectivity index (χ0v) is 22.3. The van der Waals surface area contributed by atoms with E-state index < -0.39 is 32.9 Å². The second-order valence-corrected chi connectivity index (χ2v) is 31.6. The van der Waals surface area contributed by atoms with Crippen LogP contribution in [0.3, 0.4) is 0 Å². The van der Waals surface area contributed by atoms with E-state index in [9.17, 15) is 0 Å². The van der Waals surface area contributed by atoms with E-state index in [1.807, 2.05) is 0 Å². The van der Waals surface area contributed by atoms with Crippen LogP contribution in [-0.2, 0) is 0 Å². The molecule has 0 aliphatic carbocycles. The molecule has 0 fully saturated rings. The van der Waals surface area contributed by atoms with Crippen LogP contribution in [0.15, 0.2) is 12.3 Å². The van der Waals surface area contributed by atoms with Crippen LogP contribution in [0.1, 0.15) is 0 Å². The molecule has 0 spiro atoms. The number of rotatable bonds is 8. The number of hydrogen-bond acceptors (Lipinski definition) is 2. The lowest BCUT2D eigenvalue weighted by atomic mass is 11.2. The highest BCUT2D eigenvalue weighted by molar-refractivity contribution is 6.93. The summed E-state index contributed by atoms with van der Waals surface area (Å²) in [7, 11) is -4.73. The first kappa shape index (κ1) is 22.7. The highest BCUT2D eigenvalue weighted by Gasteiger charge is 2.47. The van der Waals surface area contributed by atoms with Gasteiger partial charge in [0.1, 0.15) is 42.5 Å². The van der Waals surface area contributed by atoms with Crippen LogP contribution in [0.2, 0.25) is 78.6 Å². The Kier molecular flexibility index (Phi) is 7.57. The molecule has 0 aliphatic rings. The van der Waals surface area contributed by atoms with Crippen LogP contribution in [0.4, 0.5) is 0 Å². The van der Waals surface area contributed by atoms with Crippen molar-refractivity contribution in [2.24, 2.45) is 0 Å². The molecule has 0 bridgehead atoms. The van der Waals surface area contributed by atoms with E-state index in [1.54, 1.807) is 0 Å². The van der Waals surface area contributed by atoms with Gasteiger partial charge in [-0.3, -0.25) is 0 Å². The van der Waals surface area contributed by atoms with Crippen LogP contribution >= 0.6 is 0 Å². The molecular weight excluding hydrogens is 349 g/mol. The fourth-order valence-electron chi connectivity index (χ4n) is 3.85. The molecule has 0 saturated carbocycles. The third-order valence-corrected chi connectivity index (χ3v) is 20.5. The molecule has 130 valence electrons. The van der Waals surface area contributed by atoms with Gasteiger partial charge in [0, 0.05) is 5.79 Å². The van der Waals surface area contributed by atoms with Crippen LogP contribution in [0.25, 0.3) is 0 Å². The molecule has 0 saturated heterocycles. The van der Waals surface area contributed by atoms with E-state index in [1.165, 1.54) is 0 Å². The first-order valence-corrected chi connectivity index (χ1v) is 23.3. The maximum Gasteiger partial charge on any atom is 0.113 e. The lowest BCUT2D eigenvalue weighted by Gasteiger charge is -2.58. The SMILES string of the molecule is C=C[Si]C(N([Si](C)(C)C)[Si](C)(C)C)N([Si](C)(C)C)[Si](C)(C)C. The van der Waals surface area contributed by atoms with Crippen molar-refractivity contribution in [2.75, 3.05) is 0 Å². The maximum atomic E-state index is 4.11. The van der Waals surface area contributed by atoms with Crippen LogP contribution in [-0.4, -0.2) is 56.7 Å². The van der Waals surface area contributed by atoms with Crippen LogP contribution < -0.4 is 0 Å². The summed E-state index contributed by atoms with van der Waals surface area (Å²) >= 11 is 0. The lowest BCUT2D eigenvalue weighted by Crippen LogP contribution is -2.75. The third-order valence-electron chi connectivity index (χ3n) is 3.65. The Labute approximate surface area is 147 Å². The molecule has 22 heavy (non-hydrogen) atoms. The molecule has 0 amide bonds. The van der Waals surface area contributed by atoms with Crippen LogP contribution in [0, 0.1) is 0 Å². The normalized spacial score (nSPS) is 15.0. The van der Waals surface area contributed by atoms with Crippen molar-refractivity contribution in [2.45, 2.75) is 84.4 Å². The summed E-state index contributed by atoms with van der Waals surface area (Å²) in [6.07, 6.45) is 0. The summed E-state index contributed by atoms with van der Waals surface area (Å²) in [5.74, 6) is 0.592. The molecule has 0 aromatic carbocycles. The maximum absolute atomic E-state index is 4.11. The Hall–Kier alpha value is 0.744. The van der Waals surface area contributed by atoms with Crippen molar-refractivity contribution in [3.63, 3.8) is 0 Å². The van der Waals surface area contributed by atoms with Gasteiger partial charge in [-0.1, -0.05) is 78.6 Å². The van der Waals surface area contributed by atoms with Crippen LogP contribution in [0.5, 0.6) is 0 Å². The molecule has 0 rings (SSSR count). The molecule has 2 nitrogen and oxygen atoms in total. The molecule has 0 N–H and O–H groups in total. The Morgan fingerprint density at radius 3 is 1.00 bits per heavy atom. The zero-order chi connectivity index (χ0) is 18.1. The van der Waals surface area contributed by atoms with E-state index in [0.717, 1.165) is 9.52 Å². The van der Waals surface area contributed by atoms with Gasteiger partial charge in [0.05, 0.1) is 0 Å². The van der Waals surface area contributed by atoms with Gasteiger partial charge in [-0.05, 0) is 0 Å². The fourth-order valence-corrected chi connectivity index (χ4v) is 29.9. The average molecular weight is 389 g/mol. The topological polar surface area (TPSA) is 6.48 Å². The van der Waals surface area contributed by atoms with E-state index >= 15 is 0 Å². The van der Waals surface area contributed by atoms with E-state index in [2.05, 4.69) is 99.3 Å². The molecule has 0 aliphatic heterocycles. The minimum atomic E-state index is -1.39. The summed E-state index contributed by atoms with van der Waals surface area (Å²) in [5, 5.41) is 0.